The summed E-state index contributed by atoms with van der Waals surface area (Å²) in [5.74, 6) is 1.02. The Labute approximate surface area is 269 Å². The normalized spacial score (nSPS) is 14.3. The fourth-order valence-corrected chi connectivity index (χ4v) is 6.07. The number of hydrogen-bond donors (Lipinski definition) is 0. The molecule has 1 aromatic heterocycles. The van der Waals surface area contributed by atoms with Gasteiger partial charge in [0.25, 0.3) is 5.56 Å². The first-order valence-electron chi connectivity index (χ1n) is 14.8. The van der Waals surface area contributed by atoms with Gasteiger partial charge in [0.05, 0.1) is 54.3 Å². The molecule has 0 radical (unpaired) electrons. The van der Waals surface area contributed by atoms with E-state index in [-0.39, 0.29) is 17.7 Å². The number of thiazole rings is 1. The lowest BCUT2D eigenvalue weighted by Gasteiger charge is -2.25. The fraction of sp³-hybridized carbons (Fsp3) is 0.257. The van der Waals surface area contributed by atoms with E-state index in [2.05, 4.69) is 4.99 Å². The quantitative estimate of drug-likeness (QED) is 0.169. The van der Waals surface area contributed by atoms with Crippen molar-refractivity contribution < 1.29 is 33.3 Å². The van der Waals surface area contributed by atoms with Gasteiger partial charge >= 0.3 is 11.9 Å². The average Bonchev–Trinajstić information content (AvgIpc) is 3.36. The smallest absolute Gasteiger partial charge is 0.343 e. The van der Waals surface area contributed by atoms with E-state index in [4.69, 9.17) is 23.7 Å². The molecule has 0 saturated carbocycles. The van der Waals surface area contributed by atoms with Gasteiger partial charge in [0.15, 0.2) is 16.3 Å². The van der Waals surface area contributed by atoms with E-state index in [0.29, 0.717) is 67.9 Å². The van der Waals surface area contributed by atoms with Crippen LogP contribution in [-0.4, -0.2) is 43.4 Å². The molecule has 3 aromatic carbocycles. The molecule has 11 heteroatoms. The van der Waals surface area contributed by atoms with Crippen molar-refractivity contribution in [2.75, 3.05) is 26.9 Å². The van der Waals surface area contributed by atoms with E-state index in [0.717, 1.165) is 0 Å². The SMILES string of the molecule is CCOC(=O)C1=C(C)N=c2s/c(=C\c3ccc(OC(=O)c4ccc(OC)cc4)cc3)c(=O)n2[C@H]1c1ccc(OCC)c(OCC)c1. The van der Waals surface area contributed by atoms with Crippen LogP contribution in [0, 0.1) is 0 Å². The Kier molecular flexibility index (Phi) is 10.0. The number of esters is 2. The summed E-state index contributed by atoms with van der Waals surface area (Å²) in [6.45, 7) is 8.26. The summed E-state index contributed by atoms with van der Waals surface area (Å²) >= 11 is 1.22. The number of carbonyl (C=O) groups excluding carboxylic acids is 2. The molecule has 0 amide bonds. The monoisotopic (exact) mass is 642 g/mol. The van der Waals surface area contributed by atoms with Crippen LogP contribution in [0.25, 0.3) is 6.08 Å². The van der Waals surface area contributed by atoms with Crippen LogP contribution in [0.15, 0.2) is 87.8 Å². The van der Waals surface area contributed by atoms with Crippen molar-refractivity contribution in [1.82, 2.24) is 4.57 Å². The van der Waals surface area contributed by atoms with Gasteiger partial charge in [0.2, 0.25) is 0 Å². The van der Waals surface area contributed by atoms with Gasteiger partial charge in [-0.3, -0.25) is 9.36 Å². The second-order valence-electron chi connectivity index (χ2n) is 10.1. The summed E-state index contributed by atoms with van der Waals surface area (Å²) in [4.78, 5) is 44.9. The van der Waals surface area contributed by atoms with Crippen molar-refractivity contribution in [3.8, 4) is 23.0 Å². The Morgan fingerprint density at radius 1 is 0.870 bits per heavy atom. The third kappa shape index (κ3) is 6.74. The summed E-state index contributed by atoms with van der Waals surface area (Å²) in [6.07, 6.45) is 1.74. The van der Waals surface area contributed by atoms with Crippen molar-refractivity contribution in [1.29, 1.82) is 0 Å². The molecule has 0 aliphatic carbocycles. The first-order valence-corrected chi connectivity index (χ1v) is 15.6. The van der Waals surface area contributed by atoms with E-state index >= 15 is 0 Å². The molecular formula is C35H34N2O8S. The Hall–Kier alpha value is -5.16. The van der Waals surface area contributed by atoms with Crippen molar-refractivity contribution in [3.63, 3.8) is 0 Å². The van der Waals surface area contributed by atoms with Crippen LogP contribution < -0.4 is 33.8 Å². The third-order valence-corrected chi connectivity index (χ3v) is 8.10. The minimum absolute atomic E-state index is 0.172. The van der Waals surface area contributed by atoms with Crippen molar-refractivity contribution in [2.45, 2.75) is 33.7 Å². The van der Waals surface area contributed by atoms with Crippen LogP contribution in [0.5, 0.6) is 23.0 Å². The van der Waals surface area contributed by atoms with Gasteiger partial charge in [-0.1, -0.05) is 29.5 Å². The summed E-state index contributed by atoms with van der Waals surface area (Å²) in [5.41, 5.74) is 2.18. The molecule has 0 spiro atoms. The Morgan fingerprint density at radius 2 is 1.54 bits per heavy atom. The van der Waals surface area contributed by atoms with Gasteiger partial charge < -0.3 is 23.7 Å². The molecule has 1 aliphatic rings. The molecule has 1 aliphatic heterocycles. The maximum atomic E-state index is 14.0. The number of carbonyl (C=O) groups is 2. The minimum Gasteiger partial charge on any atom is -0.497 e. The van der Waals surface area contributed by atoms with Gasteiger partial charge in [-0.25, -0.2) is 14.6 Å². The van der Waals surface area contributed by atoms with Crippen LogP contribution >= 0.6 is 11.3 Å². The van der Waals surface area contributed by atoms with E-state index in [1.54, 1.807) is 87.7 Å². The lowest BCUT2D eigenvalue weighted by atomic mass is 9.95. The molecule has 0 saturated heterocycles. The van der Waals surface area contributed by atoms with E-state index in [1.165, 1.54) is 15.9 Å². The zero-order valence-corrected chi connectivity index (χ0v) is 27.0. The summed E-state index contributed by atoms with van der Waals surface area (Å²) in [5, 5.41) is 0. The Bertz CT molecular complexity index is 1960. The molecule has 0 unspecified atom stereocenters. The standard InChI is InChI=1S/C35H34N2O8S/c1-6-42-27-18-13-24(20-28(27)43-7-2)31-30(34(40)44-8-3)21(4)36-35-37(31)32(38)29(46-35)19-22-9-14-26(15-10-22)45-33(39)23-11-16-25(41-5)17-12-23/h9-20,31H,6-8H2,1-5H3/b29-19-/t31-/m0/s1. The number of ether oxygens (including phenoxy) is 5. The number of nitrogens with zero attached hydrogens (tertiary/aromatic N) is 2. The molecule has 5 rings (SSSR count). The summed E-state index contributed by atoms with van der Waals surface area (Å²) in [6, 6.07) is 18.0. The first kappa shape index (κ1) is 32.2. The second kappa shape index (κ2) is 14.3. The first-order chi connectivity index (χ1) is 22.3. The molecule has 1 atom stereocenters. The minimum atomic E-state index is -0.799. The van der Waals surface area contributed by atoms with Crippen molar-refractivity contribution in [2.24, 2.45) is 4.99 Å². The molecule has 0 fully saturated rings. The molecule has 0 bridgehead atoms. The Balaban J connectivity index is 1.51. The number of hydrogen-bond acceptors (Lipinski definition) is 10. The molecule has 4 aromatic rings. The number of benzene rings is 3. The molecule has 2 heterocycles. The summed E-state index contributed by atoms with van der Waals surface area (Å²) in [7, 11) is 1.55. The number of allylic oxidation sites excluding steroid dienone is 1. The van der Waals surface area contributed by atoms with Crippen LogP contribution in [-0.2, 0) is 9.53 Å². The third-order valence-electron chi connectivity index (χ3n) is 7.11. The highest BCUT2D eigenvalue weighted by molar-refractivity contribution is 7.07. The van der Waals surface area contributed by atoms with Gasteiger partial charge in [-0.2, -0.15) is 0 Å². The fourth-order valence-electron chi connectivity index (χ4n) is 5.02. The predicted octanol–water partition coefficient (Wildman–Crippen LogP) is 4.82. The maximum absolute atomic E-state index is 14.0. The molecule has 10 nitrogen and oxygen atoms in total. The van der Waals surface area contributed by atoms with Gasteiger partial charge in [0, 0.05) is 0 Å². The largest absolute Gasteiger partial charge is 0.497 e. The number of aromatic nitrogens is 1. The van der Waals surface area contributed by atoms with E-state index < -0.39 is 18.0 Å². The van der Waals surface area contributed by atoms with E-state index in [9.17, 15) is 14.4 Å². The lowest BCUT2D eigenvalue weighted by molar-refractivity contribution is -0.139. The van der Waals surface area contributed by atoms with Crippen LogP contribution in [0.1, 0.15) is 55.2 Å². The van der Waals surface area contributed by atoms with Crippen molar-refractivity contribution in [3.05, 3.63) is 114 Å². The highest BCUT2D eigenvalue weighted by Crippen LogP contribution is 2.36. The van der Waals surface area contributed by atoms with Gasteiger partial charge in [-0.15, -0.1) is 0 Å². The zero-order valence-electron chi connectivity index (χ0n) is 26.2. The molecule has 46 heavy (non-hydrogen) atoms. The average molecular weight is 643 g/mol. The molecule has 238 valence electrons. The predicted molar refractivity (Wildman–Crippen MR) is 174 cm³/mol. The Morgan fingerprint density at radius 3 is 2.20 bits per heavy atom. The van der Waals surface area contributed by atoms with Crippen LogP contribution in [0.2, 0.25) is 0 Å². The summed E-state index contributed by atoms with van der Waals surface area (Å²) < 4.78 is 29.6. The maximum Gasteiger partial charge on any atom is 0.343 e. The second-order valence-corrected chi connectivity index (χ2v) is 11.1. The molecular weight excluding hydrogens is 608 g/mol. The van der Waals surface area contributed by atoms with E-state index in [1.807, 2.05) is 19.9 Å². The number of methoxy groups -OCH3 is 1. The number of fused-ring (bicyclic) bond motifs is 1. The molecule has 0 N–H and O–H groups in total. The highest BCUT2D eigenvalue weighted by atomic mass is 32.1. The highest BCUT2D eigenvalue weighted by Gasteiger charge is 2.34. The van der Waals surface area contributed by atoms with Crippen LogP contribution in [0.4, 0.5) is 0 Å². The van der Waals surface area contributed by atoms with Crippen LogP contribution in [0.3, 0.4) is 0 Å². The topological polar surface area (TPSA) is 115 Å². The van der Waals surface area contributed by atoms with Gasteiger partial charge in [-0.05, 0) is 93.4 Å². The van der Waals surface area contributed by atoms with Gasteiger partial charge in [0.1, 0.15) is 11.5 Å². The number of rotatable bonds is 11. The van der Waals surface area contributed by atoms with Crippen molar-refractivity contribution >= 4 is 29.4 Å². The zero-order chi connectivity index (χ0) is 32.8. The lowest BCUT2D eigenvalue weighted by Crippen LogP contribution is -2.40.